The van der Waals surface area contributed by atoms with E-state index in [9.17, 15) is 0 Å². The molecule has 0 atom stereocenters. The van der Waals surface area contributed by atoms with Crippen LogP contribution in [0.2, 0.25) is 0 Å². The second-order valence-electron chi connectivity index (χ2n) is 0.726. The Morgan fingerprint density at radius 3 is 1.50 bits per heavy atom. The first-order chi connectivity index (χ1) is 6.91. The Labute approximate surface area is 102 Å². The van der Waals surface area contributed by atoms with Crippen molar-refractivity contribution in [2.75, 3.05) is 0 Å². The van der Waals surface area contributed by atoms with Crippen LogP contribution in [0.4, 0.5) is 0 Å². The minimum Gasteiger partial charge on any atom is -0.253 e. The molecule has 0 aliphatic rings. The maximum absolute atomic E-state index is 7.75. The number of thiazole rings is 1. The fourth-order valence-corrected chi connectivity index (χ4v) is 0.527. The molecule has 14 heavy (non-hydrogen) atoms. The van der Waals surface area contributed by atoms with Crippen molar-refractivity contribution in [3.8, 4) is 0 Å². The molecule has 0 unspecified atom stereocenters. The molecule has 0 amide bonds. The van der Waals surface area contributed by atoms with Crippen LogP contribution in [-0.2, 0) is 29.5 Å². The topological polar surface area (TPSA) is 64.1 Å². The molecule has 0 radical (unpaired) electrons. The van der Waals surface area contributed by atoms with E-state index in [0.717, 1.165) is 0 Å². The van der Waals surface area contributed by atoms with Gasteiger partial charge in [-0.05, 0) is 0 Å². The van der Waals surface area contributed by atoms with Gasteiger partial charge in [-0.2, -0.15) is 0 Å². The third-order valence-electron chi connectivity index (χ3n) is 0.347. The molecule has 1 heterocycles. The Morgan fingerprint density at radius 1 is 1.07 bits per heavy atom. The summed E-state index contributed by atoms with van der Waals surface area (Å²) in [6, 6.07) is 0. The van der Waals surface area contributed by atoms with Crippen molar-refractivity contribution in [3.63, 3.8) is 0 Å². The van der Waals surface area contributed by atoms with Crippen molar-refractivity contribution in [1.29, 1.82) is 0 Å². The summed E-state index contributed by atoms with van der Waals surface area (Å²) in [6.45, 7) is 9.75. The fraction of sp³-hybridized carbons (Fsp3) is 0. The van der Waals surface area contributed by atoms with Crippen LogP contribution in [0, 0.1) is 0 Å². The first-order valence-electron chi connectivity index (χ1n) is 2.30. The van der Waals surface area contributed by atoms with Gasteiger partial charge in [-0.25, -0.2) is 0 Å². The van der Waals surface area contributed by atoms with Gasteiger partial charge < -0.3 is 14.4 Å². The van der Waals surface area contributed by atoms with Crippen molar-refractivity contribution in [1.82, 2.24) is 4.98 Å². The van der Waals surface area contributed by atoms with E-state index in [1.54, 1.807) is 23.0 Å². The normalized spacial score (nSPS) is 5.29. The first kappa shape index (κ1) is 23.6. The van der Waals surface area contributed by atoms with Gasteiger partial charge in [-0.15, -0.1) is 11.3 Å². The summed E-state index contributed by atoms with van der Waals surface area (Å²) in [5.74, 6) is 0. The molecule has 0 spiro atoms. The largest absolute Gasteiger partial charge is 0.253 e. The zero-order chi connectivity index (χ0) is 12.2. The summed E-state index contributed by atoms with van der Waals surface area (Å²) in [6.07, 6.45) is 1.77. The van der Waals surface area contributed by atoms with Crippen LogP contribution in [0.15, 0.2) is 17.1 Å². The van der Waals surface area contributed by atoms with Gasteiger partial charge >= 0.3 is 34.5 Å². The molecular formula is C6H6Cl2NO3RuS-3. The van der Waals surface area contributed by atoms with Gasteiger partial charge in [0.1, 0.15) is 0 Å². The van der Waals surface area contributed by atoms with Crippen LogP contribution in [0.5, 0.6) is 0 Å². The third-order valence-corrected chi connectivity index (χ3v) is 0.869. The Hall–Kier alpha value is -0.157. The van der Waals surface area contributed by atoms with Gasteiger partial charge in [0, 0.05) is 11.6 Å². The summed E-state index contributed by atoms with van der Waals surface area (Å²) in [5, 5.41) is 1.93. The summed E-state index contributed by atoms with van der Waals surface area (Å²) in [7, 11) is 9.71. The van der Waals surface area contributed by atoms with E-state index in [0.29, 0.717) is 0 Å². The van der Waals surface area contributed by atoms with E-state index in [2.05, 4.69) is 25.4 Å². The SMILES string of the molecule is [CH-]=O.[CH-]=O.[CH-]=O.[Cl][Ru][Cl].c1cscn1. The molecule has 0 fully saturated rings. The Kier molecular flexibility index (Phi) is 88.8. The van der Waals surface area contributed by atoms with E-state index in [1.807, 2.05) is 5.38 Å². The molecule has 4 nitrogen and oxygen atoms in total. The van der Waals surface area contributed by atoms with Gasteiger partial charge in [0.05, 0.1) is 5.51 Å². The van der Waals surface area contributed by atoms with Gasteiger partial charge in [0.15, 0.2) is 0 Å². The number of halogens is 2. The molecular weight excluding hydrogens is 338 g/mol. The van der Waals surface area contributed by atoms with Crippen molar-refractivity contribution < 1.29 is 29.5 Å². The quantitative estimate of drug-likeness (QED) is 0.408. The number of aromatic nitrogens is 1. The van der Waals surface area contributed by atoms with E-state index in [4.69, 9.17) is 33.8 Å². The molecule has 0 aliphatic carbocycles. The van der Waals surface area contributed by atoms with E-state index >= 15 is 0 Å². The number of hydrogen-bond donors (Lipinski definition) is 0. The smallest absolute Gasteiger partial charge is 0.0791 e. The van der Waals surface area contributed by atoms with Gasteiger partial charge in [0.25, 0.3) is 0 Å². The molecule has 0 aromatic carbocycles. The standard InChI is InChI=1S/C3H3NS.3CHO.2ClH.Ru/c1-2-5-3-4-1;3*1-2;;;/h1-3H;3*1H;2*1H;/q;3*-1;;;+2/p-2. The average Bonchev–Trinajstić information content (AvgIpc) is 2.85. The zero-order valence-corrected chi connectivity index (χ0v) is 10.7. The van der Waals surface area contributed by atoms with E-state index in [-0.39, 0.29) is 15.1 Å². The van der Waals surface area contributed by atoms with Crippen molar-refractivity contribution in [2.24, 2.45) is 0 Å². The predicted octanol–water partition coefficient (Wildman–Crippen LogP) is 1.70. The van der Waals surface area contributed by atoms with Crippen molar-refractivity contribution >= 4 is 51.1 Å². The van der Waals surface area contributed by atoms with Gasteiger partial charge in [0.2, 0.25) is 0 Å². The van der Waals surface area contributed by atoms with Crippen LogP contribution in [0.3, 0.4) is 0 Å². The summed E-state index contributed by atoms with van der Waals surface area (Å²) < 4.78 is 0. The monoisotopic (exact) mass is 344 g/mol. The molecule has 1 aromatic heterocycles. The number of rotatable bonds is 0. The molecule has 0 saturated carbocycles. The minimum atomic E-state index is -0.346. The molecule has 0 saturated heterocycles. The molecule has 84 valence electrons. The van der Waals surface area contributed by atoms with Crippen LogP contribution >= 0.6 is 30.7 Å². The van der Waals surface area contributed by atoms with Crippen LogP contribution < -0.4 is 0 Å². The Bertz CT molecular complexity index is 126. The summed E-state index contributed by atoms with van der Waals surface area (Å²) >= 11 is 1.26. The second kappa shape index (κ2) is 52.8. The van der Waals surface area contributed by atoms with Crippen molar-refractivity contribution in [3.05, 3.63) is 17.1 Å². The van der Waals surface area contributed by atoms with E-state index < -0.39 is 0 Å². The number of nitrogens with zero attached hydrogens (tertiary/aromatic N) is 1. The maximum Gasteiger partial charge on any atom is 0.0791 e. The van der Waals surface area contributed by atoms with Crippen LogP contribution in [0.25, 0.3) is 0 Å². The zero-order valence-electron chi connectivity index (χ0n) is 6.65. The maximum atomic E-state index is 7.75. The molecule has 1 aromatic rings. The predicted molar refractivity (Wildman–Crippen MR) is 54.1 cm³/mol. The number of hydrogen-bond acceptors (Lipinski definition) is 5. The Morgan fingerprint density at radius 2 is 1.43 bits per heavy atom. The second-order valence-corrected chi connectivity index (χ2v) is 4.12. The van der Waals surface area contributed by atoms with Crippen LogP contribution in [-0.4, -0.2) is 25.4 Å². The summed E-state index contributed by atoms with van der Waals surface area (Å²) in [4.78, 5) is 27.0. The summed E-state index contributed by atoms with van der Waals surface area (Å²) in [5.41, 5.74) is 1.79. The molecule has 0 bridgehead atoms. The molecule has 0 aliphatic heterocycles. The fourth-order valence-electron chi connectivity index (χ4n) is 0.176. The van der Waals surface area contributed by atoms with Gasteiger partial charge in [-0.3, -0.25) is 25.4 Å². The Balaban J connectivity index is -0.0000000494. The molecule has 0 N–H and O–H groups in total. The van der Waals surface area contributed by atoms with Gasteiger partial charge in [-0.1, -0.05) is 0 Å². The van der Waals surface area contributed by atoms with E-state index in [1.165, 1.54) is 0 Å². The minimum absolute atomic E-state index is 0.346. The third kappa shape index (κ3) is 59.4. The average molecular weight is 344 g/mol. The molecule has 1 rings (SSSR count). The first-order valence-corrected chi connectivity index (χ1v) is 7.71. The molecule has 8 heteroatoms. The van der Waals surface area contributed by atoms with Crippen molar-refractivity contribution in [2.45, 2.75) is 0 Å². The number of carbonyl (C=O) groups excluding carboxylic acids is 3. The van der Waals surface area contributed by atoms with Crippen LogP contribution in [0.1, 0.15) is 0 Å².